The van der Waals surface area contributed by atoms with Crippen molar-refractivity contribution in [2.45, 2.75) is 0 Å². The number of hydrogen-bond acceptors (Lipinski definition) is 4. The van der Waals surface area contributed by atoms with E-state index < -0.39 is 0 Å². The fraction of sp³-hybridized carbons (Fsp3) is 0.364. The lowest BCUT2D eigenvalue weighted by atomic mass is 10.1. The number of carbonyl (C=O) groups is 1. The monoisotopic (exact) mass is 225 g/mol. The minimum absolute atomic E-state index is 0.111. The van der Waals surface area contributed by atoms with E-state index in [9.17, 15) is 9.90 Å². The van der Waals surface area contributed by atoms with Gasteiger partial charge in [-0.15, -0.1) is 0 Å². The fourth-order valence-electron chi connectivity index (χ4n) is 1.28. The van der Waals surface area contributed by atoms with E-state index in [2.05, 4.69) is 0 Å². The molecule has 1 aromatic rings. The molecule has 1 N–H and O–H groups in total. The zero-order valence-electron chi connectivity index (χ0n) is 9.77. The molecule has 1 aromatic carbocycles. The maximum atomic E-state index is 11.7. The van der Waals surface area contributed by atoms with Crippen LogP contribution >= 0.6 is 0 Å². The molecule has 0 aliphatic heterocycles. The minimum Gasteiger partial charge on any atom is -0.502 e. The summed E-state index contributed by atoms with van der Waals surface area (Å²) in [5, 5.41) is 9.66. The van der Waals surface area contributed by atoms with E-state index in [1.165, 1.54) is 31.3 Å². The molecule has 0 saturated carbocycles. The minimum atomic E-state index is -0.184. The highest BCUT2D eigenvalue weighted by molar-refractivity contribution is 5.95. The van der Waals surface area contributed by atoms with Crippen LogP contribution in [-0.2, 0) is 0 Å². The number of nitrogens with zero attached hydrogens (tertiary/aromatic N) is 1. The van der Waals surface area contributed by atoms with Crippen LogP contribution in [0.15, 0.2) is 12.1 Å². The van der Waals surface area contributed by atoms with E-state index in [-0.39, 0.29) is 23.2 Å². The second kappa shape index (κ2) is 4.74. The Bertz CT molecular complexity index is 376. The van der Waals surface area contributed by atoms with E-state index in [1.807, 2.05) is 0 Å². The van der Waals surface area contributed by atoms with Crippen LogP contribution in [0.1, 0.15) is 10.4 Å². The highest BCUT2D eigenvalue weighted by Crippen LogP contribution is 2.37. The van der Waals surface area contributed by atoms with Gasteiger partial charge >= 0.3 is 0 Å². The normalized spacial score (nSPS) is 9.75. The third-order valence-electron chi connectivity index (χ3n) is 2.13. The molecule has 0 spiro atoms. The van der Waals surface area contributed by atoms with Crippen molar-refractivity contribution in [2.75, 3.05) is 28.3 Å². The molecule has 0 heterocycles. The summed E-state index contributed by atoms with van der Waals surface area (Å²) in [5.41, 5.74) is 0.400. The smallest absolute Gasteiger partial charge is 0.253 e. The molecule has 88 valence electrons. The summed E-state index contributed by atoms with van der Waals surface area (Å²) in [5.74, 6) is 0.131. The quantitative estimate of drug-likeness (QED) is 0.837. The van der Waals surface area contributed by atoms with Crippen LogP contribution in [0.4, 0.5) is 0 Å². The number of methoxy groups -OCH3 is 2. The van der Waals surface area contributed by atoms with Gasteiger partial charge < -0.3 is 19.5 Å². The van der Waals surface area contributed by atoms with Crippen LogP contribution in [-0.4, -0.2) is 44.2 Å². The first-order chi connectivity index (χ1) is 7.51. The van der Waals surface area contributed by atoms with Gasteiger partial charge in [0.2, 0.25) is 5.75 Å². The molecule has 0 bridgehead atoms. The van der Waals surface area contributed by atoms with E-state index in [4.69, 9.17) is 9.47 Å². The average molecular weight is 225 g/mol. The summed E-state index contributed by atoms with van der Waals surface area (Å²) in [4.78, 5) is 13.2. The Hall–Kier alpha value is -1.91. The first-order valence-corrected chi connectivity index (χ1v) is 4.68. The van der Waals surface area contributed by atoms with Crippen molar-refractivity contribution in [1.82, 2.24) is 4.90 Å². The second-order valence-corrected chi connectivity index (χ2v) is 3.43. The van der Waals surface area contributed by atoms with Crippen molar-refractivity contribution in [3.05, 3.63) is 17.7 Å². The molecule has 0 aromatic heterocycles. The largest absolute Gasteiger partial charge is 0.502 e. The van der Waals surface area contributed by atoms with Gasteiger partial charge in [0.05, 0.1) is 14.2 Å². The molecule has 0 radical (unpaired) electrons. The molecular weight excluding hydrogens is 210 g/mol. The number of carbonyl (C=O) groups excluding carboxylic acids is 1. The summed E-state index contributed by atoms with van der Waals surface area (Å²) in [7, 11) is 6.12. The molecule has 1 amide bonds. The molecule has 0 aliphatic rings. The number of phenolic OH excluding ortho intramolecular Hbond substituents is 1. The Kier molecular flexibility index (Phi) is 3.60. The number of phenols is 1. The summed E-state index contributed by atoms with van der Waals surface area (Å²) in [6.07, 6.45) is 0. The molecule has 0 atom stereocenters. The van der Waals surface area contributed by atoms with E-state index >= 15 is 0 Å². The van der Waals surface area contributed by atoms with Crippen molar-refractivity contribution in [3.63, 3.8) is 0 Å². The molecule has 0 unspecified atom stereocenters. The van der Waals surface area contributed by atoms with Gasteiger partial charge in [-0.05, 0) is 12.1 Å². The lowest BCUT2D eigenvalue weighted by Crippen LogP contribution is -2.21. The van der Waals surface area contributed by atoms with Gasteiger partial charge in [-0.1, -0.05) is 0 Å². The van der Waals surface area contributed by atoms with Crippen LogP contribution in [0.25, 0.3) is 0 Å². The van der Waals surface area contributed by atoms with Gasteiger partial charge in [-0.2, -0.15) is 0 Å². The molecule has 5 heteroatoms. The van der Waals surface area contributed by atoms with Crippen molar-refractivity contribution in [3.8, 4) is 17.2 Å². The third kappa shape index (κ3) is 2.18. The number of benzene rings is 1. The van der Waals surface area contributed by atoms with Gasteiger partial charge in [0.25, 0.3) is 5.91 Å². The van der Waals surface area contributed by atoms with Gasteiger partial charge in [0.1, 0.15) is 0 Å². The van der Waals surface area contributed by atoms with Crippen LogP contribution in [0.2, 0.25) is 0 Å². The van der Waals surface area contributed by atoms with Crippen LogP contribution in [0, 0.1) is 0 Å². The van der Waals surface area contributed by atoms with E-state index in [1.54, 1.807) is 14.1 Å². The second-order valence-electron chi connectivity index (χ2n) is 3.43. The first-order valence-electron chi connectivity index (χ1n) is 4.68. The zero-order valence-corrected chi connectivity index (χ0v) is 9.77. The summed E-state index contributed by atoms with van der Waals surface area (Å²) < 4.78 is 9.91. The lowest BCUT2D eigenvalue weighted by Gasteiger charge is -2.14. The predicted molar refractivity (Wildman–Crippen MR) is 59.2 cm³/mol. The Morgan fingerprint density at radius 3 is 1.94 bits per heavy atom. The SMILES string of the molecule is COc1cc(C(=O)N(C)C)cc(OC)c1O. The Morgan fingerprint density at radius 1 is 1.19 bits per heavy atom. The maximum Gasteiger partial charge on any atom is 0.253 e. The van der Waals surface area contributed by atoms with Gasteiger partial charge in [-0.3, -0.25) is 4.79 Å². The lowest BCUT2D eigenvalue weighted by molar-refractivity contribution is 0.0827. The maximum absolute atomic E-state index is 11.7. The molecular formula is C11H15NO4. The number of amides is 1. The van der Waals surface area contributed by atoms with Crippen LogP contribution in [0.3, 0.4) is 0 Å². The van der Waals surface area contributed by atoms with Gasteiger partial charge in [0, 0.05) is 19.7 Å². The Labute approximate surface area is 94.2 Å². The molecule has 0 aliphatic carbocycles. The van der Waals surface area contributed by atoms with Crippen molar-refractivity contribution >= 4 is 5.91 Å². The molecule has 1 rings (SSSR count). The molecule has 16 heavy (non-hydrogen) atoms. The van der Waals surface area contributed by atoms with Crippen molar-refractivity contribution in [1.29, 1.82) is 0 Å². The summed E-state index contributed by atoms with van der Waals surface area (Å²) in [6.45, 7) is 0. The summed E-state index contributed by atoms with van der Waals surface area (Å²) >= 11 is 0. The Balaban J connectivity index is 3.27. The third-order valence-corrected chi connectivity index (χ3v) is 2.13. The standard InChI is InChI=1S/C11H15NO4/c1-12(2)11(14)7-5-8(15-3)10(13)9(6-7)16-4/h5-6,13H,1-4H3. The topological polar surface area (TPSA) is 59.0 Å². The predicted octanol–water partition coefficient (Wildman–Crippen LogP) is 1.11. The summed E-state index contributed by atoms with van der Waals surface area (Å²) in [6, 6.07) is 2.94. The fourth-order valence-corrected chi connectivity index (χ4v) is 1.28. The Morgan fingerprint density at radius 2 is 1.62 bits per heavy atom. The average Bonchev–Trinajstić information content (AvgIpc) is 2.28. The number of aromatic hydroxyl groups is 1. The number of ether oxygens (including phenoxy) is 2. The van der Waals surface area contributed by atoms with Crippen LogP contribution < -0.4 is 9.47 Å². The van der Waals surface area contributed by atoms with Crippen LogP contribution in [0.5, 0.6) is 17.2 Å². The first kappa shape index (κ1) is 12.2. The number of hydrogen-bond donors (Lipinski definition) is 1. The van der Waals surface area contributed by atoms with Gasteiger partial charge in [-0.25, -0.2) is 0 Å². The van der Waals surface area contributed by atoms with E-state index in [0.717, 1.165) is 0 Å². The highest BCUT2D eigenvalue weighted by Gasteiger charge is 2.16. The number of rotatable bonds is 3. The van der Waals surface area contributed by atoms with E-state index in [0.29, 0.717) is 5.56 Å². The zero-order chi connectivity index (χ0) is 12.3. The van der Waals surface area contributed by atoms with Crippen molar-refractivity contribution in [2.24, 2.45) is 0 Å². The highest BCUT2D eigenvalue weighted by atomic mass is 16.5. The van der Waals surface area contributed by atoms with Crippen molar-refractivity contribution < 1.29 is 19.4 Å². The molecule has 0 saturated heterocycles. The van der Waals surface area contributed by atoms with Gasteiger partial charge in [0.15, 0.2) is 11.5 Å². The molecule has 5 nitrogen and oxygen atoms in total. The molecule has 0 fully saturated rings.